The fourth-order valence-electron chi connectivity index (χ4n) is 5.05. The van der Waals surface area contributed by atoms with E-state index < -0.39 is 24.0 Å². The largest absolute Gasteiger partial charge is 0.493 e. The number of benzene rings is 2. The summed E-state index contributed by atoms with van der Waals surface area (Å²) in [4.78, 5) is 25.3. The minimum absolute atomic E-state index is 0.00101. The third-order valence-corrected chi connectivity index (χ3v) is 6.87. The molecule has 0 saturated carbocycles. The fourth-order valence-corrected chi connectivity index (χ4v) is 5.05. The molecule has 10 heteroatoms. The summed E-state index contributed by atoms with van der Waals surface area (Å²) in [7, 11) is 2.87. The van der Waals surface area contributed by atoms with Crippen molar-refractivity contribution in [1.82, 2.24) is 0 Å². The quantitative estimate of drug-likeness (QED) is 0.458. The summed E-state index contributed by atoms with van der Waals surface area (Å²) in [5.74, 6) is -0.101. The number of aliphatic hydroxyl groups is 1. The van der Waals surface area contributed by atoms with E-state index in [1.54, 1.807) is 12.1 Å². The number of cyclic esters (lactones) is 1. The lowest BCUT2D eigenvalue weighted by atomic mass is 9.67. The second kappa shape index (κ2) is 8.94. The summed E-state index contributed by atoms with van der Waals surface area (Å²) >= 11 is 0. The van der Waals surface area contributed by atoms with E-state index in [4.69, 9.17) is 34.2 Å². The van der Waals surface area contributed by atoms with Crippen LogP contribution in [0.3, 0.4) is 0 Å². The minimum Gasteiger partial charge on any atom is -0.493 e. The zero-order chi connectivity index (χ0) is 24.9. The minimum atomic E-state index is -1.24. The van der Waals surface area contributed by atoms with Crippen molar-refractivity contribution in [1.29, 1.82) is 0 Å². The topological polar surface area (TPSA) is 136 Å². The Kier molecular flexibility index (Phi) is 5.94. The molecule has 35 heavy (non-hydrogen) atoms. The molecule has 1 fully saturated rings. The molecule has 0 aromatic heterocycles. The van der Waals surface area contributed by atoms with Gasteiger partial charge in [0.2, 0.25) is 12.5 Å². The van der Waals surface area contributed by atoms with E-state index >= 15 is 0 Å². The number of rotatable bonds is 6. The first-order valence-corrected chi connectivity index (χ1v) is 11.3. The van der Waals surface area contributed by atoms with Crippen molar-refractivity contribution < 1.29 is 43.1 Å². The van der Waals surface area contributed by atoms with E-state index in [0.717, 1.165) is 16.7 Å². The number of hydrogen-bond donors (Lipinski definition) is 2. The Morgan fingerprint density at radius 1 is 1.09 bits per heavy atom. The molecule has 1 aliphatic carbocycles. The molecule has 2 aliphatic heterocycles. The highest BCUT2D eigenvalue weighted by Crippen LogP contribution is 2.52. The first kappa shape index (κ1) is 23.3. The normalized spacial score (nSPS) is 23.6. The Bertz CT molecular complexity index is 1150. The molecule has 0 amide bonds. The zero-order valence-electron chi connectivity index (χ0n) is 19.6. The predicted molar refractivity (Wildman–Crippen MR) is 121 cm³/mol. The number of hydrogen-bond acceptors (Lipinski definition) is 10. The van der Waals surface area contributed by atoms with Crippen LogP contribution < -0.4 is 29.4 Å². The van der Waals surface area contributed by atoms with E-state index in [9.17, 15) is 14.7 Å². The summed E-state index contributed by atoms with van der Waals surface area (Å²) in [5, 5.41) is 9.66. The van der Waals surface area contributed by atoms with Gasteiger partial charge in [-0.3, -0.25) is 4.79 Å². The Morgan fingerprint density at radius 2 is 1.74 bits per heavy atom. The van der Waals surface area contributed by atoms with Gasteiger partial charge in [-0.05, 0) is 54.3 Å². The Balaban J connectivity index is 1.62. The number of nitrogens with two attached hydrogens (primary N) is 1. The number of methoxy groups -OCH3 is 2. The summed E-state index contributed by atoms with van der Waals surface area (Å²) < 4.78 is 33.2. The van der Waals surface area contributed by atoms with E-state index in [2.05, 4.69) is 0 Å². The molecule has 2 heterocycles. The van der Waals surface area contributed by atoms with Crippen molar-refractivity contribution in [2.45, 2.75) is 31.4 Å². The van der Waals surface area contributed by atoms with Crippen LogP contribution in [0.4, 0.5) is 0 Å². The molecule has 186 valence electrons. The summed E-state index contributed by atoms with van der Waals surface area (Å²) in [6.45, 7) is 1.88. The second-order valence-corrected chi connectivity index (χ2v) is 8.94. The van der Waals surface area contributed by atoms with Gasteiger partial charge in [0.25, 0.3) is 0 Å². The molecule has 3 N–H and O–H groups in total. The highest BCUT2D eigenvalue weighted by molar-refractivity contribution is 5.81. The van der Waals surface area contributed by atoms with Gasteiger partial charge < -0.3 is 39.3 Å². The van der Waals surface area contributed by atoms with Crippen molar-refractivity contribution in [3.05, 3.63) is 41.0 Å². The van der Waals surface area contributed by atoms with E-state index in [1.165, 1.54) is 21.1 Å². The number of carbonyl (C=O) groups excluding carboxylic acids is 2. The van der Waals surface area contributed by atoms with Crippen molar-refractivity contribution in [3.8, 4) is 28.7 Å². The highest BCUT2D eigenvalue weighted by atomic mass is 16.7. The average Bonchev–Trinajstić information content (AvgIpc) is 3.46. The second-order valence-electron chi connectivity index (χ2n) is 8.94. The van der Waals surface area contributed by atoms with E-state index in [-0.39, 0.29) is 41.8 Å². The molecule has 10 nitrogen and oxygen atoms in total. The van der Waals surface area contributed by atoms with E-state index in [0.29, 0.717) is 24.5 Å². The van der Waals surface area contributed by atoms with Crippen LogP contribution in [0.25, 0.3) is 0 Å². The van der Waals surface area contributed by atoms with Gasteiger partial charge in [-0.1, -0.05) is 0 Å². The smallest absolute Gasteiger partial charge is 0.331 e. The molecule has 0 radical (unpaired) electrons. The van der Waals surface area contributed by atoms with Crippen molar-refractivity contribution in [3.63, 3.8) is 0 Å². The van der Waals surface area contributed by atoms with Crippen LogP contribution in [0.2, 0.25) is 0 Å². The van der Waals surface area contributed by atoms with Crippen LogP contribution in [0.1, 0.15) is 29.5 Å². The van der Waals surface area contributed by atoms with Crippen LogP contribution >= 0.6 is 0 Å². The van der Waals surface area contributed by atoms with Crippen LogP contribution in [-0.4, -0.2) is 56.8 Å². The van der Waals surface area contributed by atoms with Crippen LogP contribution in [0, 0.1) is 11.8 Å². The monoisotopic (exact) mass is 485 g/mol. The number of carbonyl (C=O) groups is 2. The lowest BCUT2D eigenvalue weighted by Gasteiger charge is -2.34. The third-order valence-electron chi connectivity index (χ3n) is 6.87. The molecule has 5 atom stereocenters. The molecule has 5 rings (SSSR count). The van der Waals surface area contributed by atoms with E-state index in [1.807, 2.05) is 12.1 Å². The molecule has 2 aromatic carbocycles. The molecule has 2 unspecified atom stereocenters. The summed E-state index contributed by atoms with van der Waals surface area (Å²) in [6.07, 6.45) is -0.421. The first-order chi connectivity index (χ1) is 16.8. The lowest BCUT2D eigenvalue weighted by molar-refractivity contribution is -0.141. The van der Waals surface area contributed by atoms with Crippen LogP contribution in [-0.2, 0) is 20.7 Å². The standard InChI is InChI=1S/C25H27NO9/c1-11(27)22(26)25(29)35-23-18(30-2)6-13(7-19(23)31-3)20-15-8-17-16(33-10-34-17)5-12(15)4-14-9-32-24(28)21(14)20/h5-8,11,14,20-22,27H,4,9-10,26H2,1-3H3/t11?,14-,20+,21-,22?/m0/s1. The molecule has 0 spiro atoms. The van der Waals surface area contributed by atoms with Gasteiger partial charge in [0.15, 0.2) is 23.0 Å². The molecule has 1 saturated heterocycles. The summed E-state index contributed by atoms with van der Waals surface area (Å²) in [5.41, 5.74) is 8.44. The fraction of sp³-hybridized carbons (Fsp3) is 0.440. The first-order valence-electron chi connectivity index (χ1n) is 11.3. The SMILES string of the molecule is COc1cc([C@@H]2c3cc4c(cc3C[C@H]3COC(=O)[C@@H]32)OCO4)cc(OC)c1OC(=O)C(N)C(C)O. The maximum absolute atomic E-state index is 12.8. The Morgan fingerprint density at radius 3 is 2.37 bits per heavy atom. The van der Waals surface area contributed by atoms with Crippen molar-refractivity contribution in [2.24, 2.45) is 17.6 Å². The zero-order valence-corrected chi connectivity index (χ0v) is 19.6. The van der Waals surface area contributed by atoms with Crippen molar-refractivity contribution >= 4 is 11.9 Å². The van der Waals surface area contributed by atoms with Gasteiger partial charge in [0.05, 0.1) is 32.8 Å². The summed E-state index contributed by atoms with van der Waals surface area (Å²) in [6, 6.07) is 6.07. The van der Waals surface area contributed by atoms with Gasteiger partial charge in [0, 0.05) is 11.8 Å². The van der Waals surface area contributed by atoms with Gasteiger partial charge in [0.1, 0.15) is 6.04 Å². The van der Waals surface area contributed by atoms with Crippen LogP contribution in [0.15, 0.2) is 24.3 Å². The molecule has 2 aromatic rings. The third kappa shape index (κ3) is 3.92. The van der Waals surface area contributed by atoms with Crippen molar-refractivity contribution in [2.75, 3.05) is 27.6 Å². The maximum Gasteiger partial charge on any atom is 0.331 e. The molecular weight excluding hydrogens is 458 g/mol. The number of esters is 2. The lowest BCUT2D eigenvalue weighted by Crippen LogP contribution is -2.42. The average molecular weight is 485 g/mol. The van der Waals surface area contributed by atoms with Gasteiger partial charge in [-0.25, -0.2) is 4.79 Å². The number of fused-ring (bicyclic) bond motifs is 3. The highest BCUT2D eigenvalue weighted by Gasteiger charge is 2.48. The molecule has 3 aliphatic rings. The van der Waals surface area contributed by atoms with Gasteiger partial charge in [-0.15, -0.1) is 0 Å². The molecule has 0 bridgehead atoms. The molecular formula is C25H27NO9. The van der Waals surface area contributed by atoms with Gasteiger partial charge in [-0.2, -0.15) is 0 Å². The Labute approximate surface area is 201 Å². The van der Waals surface area contributed by atoms with Crippen LogP contribution in [0.5, 0.6) is 28.7 Å². The number of ether oxygens (including phenoxy) is 6. The predicted octanol–water partition coefficient (Wildman–Crippen LogP) is 1.52. The van der Waals surface area contributed by atoms with Gasteiger partial charge >= 0.3 is 11.9 Å². The Hall–Kier alpha value is -3.50. The number of aliphatic hydroxyl groups excluding tert-OH is 1. The maximum atomic E-state index is 12.8.